The van der Waals surface area contributed by atoms with E-state index in [1.54, 1.807) is 25.1 Å². The molecule has 2 heterocycles. The largest absolute Gasteiger partial charge is 0.449 e. The maximum absolute atomic E-state index is 12.3. The lowest BCUT2D eigenvalue weighted by Gasteiger charge is -2.23. The minimum Gasteiger partial charge on any atom is -0.449 e. The third-order valence-electron chi connectivity index (χ3n) is 4.38. The van der Waals surface area contributed by atoms with Crippen LogP contribution in [-0.4, -0.2) is 49.4 Å². The average molecular weight is 374 g/mol. The van der Waals surface area contributed by atoms with E-state index in [-0.39, 0.29) is 5.82 Å². The van der Waals surface area contributed by atoms with Crippen LogP contribution in [0.25, 0.3) is 0 Å². The molecule has 1 aromatic heterocycles. The zero-order chi connectivity index (χ0) is 19.2. The average Bonchev–Trinajstić information content (AvgIpc) is 3.07. The molecule has 0 aliphatic carbocycles. The fourth-order valence-corrected chi connectivity index (χ4v) is 2.82. The number of aryl methyl sites for hydroxylation is 1. The number of anilines is 1. The van der Waals surface area contributed by atoms with Gasteiger partial charge in [0.2, 0.25) is 0 Å². The van der Waals surface area contributed by atoms with Crippen molar-refractivity contribution in [2.24, 2.45) is 0 Å². The van der Waals surface area contributed by atoms with Crippen LogP contribution in [0.15, 0.2) is 34.9 Å². The normalized spacial score (nSPS) is 15.9. The first kappa shape index (κ1) is 19.1. The monoisotopic (exact) mass is 374 g/mol. The van der Waals surface area contributed by atoms with Gasteiger partial charge in [-0.25, -0.2) is 4.79 Å². The number of ether oxygens (including phenoxy) is 2. The van der Waals surface area contributed by atoms with Crippen LogP contribution < -0.4 is 10.2 Å². The number of hydrogen-bond acceptors (Lipinski definition) is 6. The summed E-state index contributed by atoms with van der Waals surface area (Å²) in [7, 11) is 0. The number of rotatable bonds is 6. The van der Waals surface area contributed by atoms with Gasteiger partial charge in [-0.1, -0.05) is 17.3 Å². The highest BCUT2D eigenvalue weighted by atomic mass is 16.5. The number of carbonyl (C=O) groups excluding carboxylic acids is 2. The lowest BCUT2D eigenvalue weighted by atomic mass is 10.1. The van der Waals surface area contributed by atoms with Gasteiger partial charge in [0.15, 0.2) is 11.9 Å². The fraction of sp³-hybridized carbons (Fsp3) is 0.421. The standard InChI is InChI=1S/C19H23N3O5/c1-13-11-17(21-27-13)20-18(23)14(2)26-19(24)16-5-3-15(4-6-16)12-22-7-9-25-10-8-22/h3-6,11,14H,7-10,12H2,1-2H3,(H,20,21,23)/p+1/t14-/m1/s1. The van der Waals surface area contributed by atoms with Gasteiger partial charge in [0.25, 0.3) is 5.91 Å². The highest BCUT2D eigenvalue weighted by Crippen LogP contribution is 2.10. The molecule has 1 amide bonds. The van der Waals surface area contributed by atoms with E-state index in [2.05, 4.69) is 10.5 Å². The first-order valence-electron chi connectivity index (χ1n) is 8.96. The molecule has 1 aromatic carbocycles. The van der Waals surface area contributed by atoms with Crippen LogP contribution in [0.4, 0.5) is 5.82 Å². The van der Waals surface area contributed by atoms with E-state index in [4.69, 9.17) is 14.0 Å². The summed E-state index contributed by atoms with van der Waals surface area (Å²) in [6, 6.07) is 8.87. The number of morpholine rings is 1. The highest BCUT2D eigenvalue weighted by Gasteiger charge is 2.20. The van der Waals surface area contributed by atoms with E-state index in [0.29, 0.717) is 11.3 Å². The van der Waals surface area contributed by atoms with Crippen LogP contribution in [0.1, 0.15) is 28.6 Å². The molecule has 0 spiro atoms. The zero-order valence-electron chi connectivity index (χ0n) is 15.5. The Morgan fingerprint density at radius 1 is 1.26 bits per heavy atom. The lowest BCUT2D eigenvalue weighted by molar-refractivity contribution is -0.921. The summed E-state index contributed by atoms with van der Waals surface area (Å²) in [5, 5.41) is 6.22. The second-order valence-corrected chi connectivity index (χ2v) is 6.60. The van der Waals surface area contributed by atoms with Crippen LogP contribution in [0.2, 0.25) is 0 Å². The van der Waals surface area contributed by atoms with Gasteiger partial charge in [0.05, 0.1) is 18.8 Å². The van der Waals surface area contributed by atoms with Crippen LogP contribution >= 0.6 is 0 Å². The van der Waals surface area contributed by atoms with E-state index in [1.807, 2.05) is 12.1 Å². The molecular formula is C19H24N3O5+. The fourth-order valence-electron chi connectivity index (χ4n) is 2.82. The Bertz CT molecular complexity index is 781. The molecular weight excluding hydrogens is 350 g/mol. The Kier molecular flexibility index (Phi) is 6.20. The summed E-state index contributed by atoms with van der Waals surface area (Å²) >= 11 is 0. The van der Waals surface area contributed by atoms with Crippen molar-refractivity contribution in [1.82, 2.24) is 5.16 Å². The van der Waals surface area contributed by atoms with Crippen LogP contribution in [0.5, 0.6) is 0 Å². The Labute approximate surface area is 157 Å². The van der Waals surface area contributed by atoms with Crippen molar-refractivity contribution >= 4 is 17.7 Å². The number of amides is 1. The Balaban J connectivity index is 1.51. The van der Waals surface area contributed by atoms with Crippen molar-refractivity contribution in [1.29, 1.82) is 0 Å². The number of nitrogens with one attached hydrogen (secondary N) is 2. The number of esters is 1. The third-order valence-corrected chi connectivity index (χ3v) is 4.38. The molecule has 1 aliphatic heterocycles. The minimum atomic E-state index is -0.952. The summed E-state index contributed by atoms with van der Waals surface area (Å²) in [5.74, 6) is -0.146. The number of benzene rings is 1. The molecule has 8 heteroatoms. The molecule has 1 saturated heterocycles. The van der Waals surface area contributed by atoms with Crippen molar-refractivity contribution in [2.45, 2.75) is 26.5 Å². The van der Waals surface area contributed by atoms with Gasteiger partial charge in [-0.15, -0.1) is 0 Å². The second kappa shape index (κ2) is 8.79. The van der Waals surface area contributed by atoms with E-state index >= 15 is 0 Å². The predicted molar refractivity (Wildman–Crippen MR) is 96.4 cm³/mol. The number of carbonyl (C=O) groups is 2. The topological polar surface area (TPSA) is 95.1 Å². The Morgan fingerprint density at radius 2 is 1.96 bits per heavy atom. The van der Waals surface area contributed by atoms with Crippen LogP contribution in [-0.2, 0) is 20.8 Å². The SMILES string of the molecule is Cc1cc(NC(=O)[C@@H](C)OC(=O)c2ccc(C[NH+]3CCOCC3)cc2)no1. The van der Waals surface area contributed by atoms with Gasteiger partial charge < -0.3 is 24.2 Å². The number of quaternary nitrogens is 1. The molecule has 0 bridgehead atoms. The van der Waals surface area contributed by atoms with E-state index in [0.717, 1.165) is 38.4 Å². The molecule has 144 valence electrons. The summed E-state index contributed by atoms with van der Waals surface area (Å²) in [6.45, 7) is 7.67. The molecule has 1 fully saturated rings. The van der Waals surface area contributed by atoms with Gasteiger partial charge in [0.1, 0.15) is 25.4 Å². The van der Waals surface area contributed by atoms with E-state index in [1.165, 1.54) is 11.8 Å². The molecule has 3 rings (SSSR count). The molecule has 2 aromatic rings. The van der Waals surface area contributed by atoms with Gasteiger partial charge >= 0.3 is 5.97 Å². The molecule has 1 atom stereocenters. The summed E-state index contributed by atoms with van der Waals surface area (Å²) in [4.78, 5) is 25.8. The molecule has 8 nitrogen and oxygen atoms in total. The van der Waals surface area contributed by atoms with Gasteiger partial charge in [-0.2, -0.15) is 0 Å². The van der Waals surface area contributed by atoms with Crippen molar-refractivity contribution < 1.29 is 28.5 Å². The zero-order valence-corrected chi connectivity index (χ0v) is 15.5. The smallest absolute Gasteiger partial charge is 0.338 e. The Hall–Kier alpha value is -2.71. The second-order valence-electron chi connectivity index (χ2n) is 6.60. The summed E-state index contributed by atoms with van der Waals surface area (Å²) in [6.07, 6.45) is -0.952. The minimum absolute atomic E-state index is 0.287. The molecule has 27 heavy (non-hydrogen) atoms. The first-order valence-corrected chi connectivity index (χ1v) is 8.96. The number of hydrogen-bond donors (Lipinski definition) is 2. The quantitative estimate of drug-likeness (QED) is 0.719. The maximum atomic E-state index is 12.3. The Morgan fingerprint density at radius 3 is 2.59 bits per heavy atom. The van der Waals surface area contributed by atoms with E-state index < -0.39 is 18.0 Å². The number of aromatic nitrogens is 1. The third kappa shape index (κ3) is 5.38. The van der Waals surface area contributed by atoms with Crippen molar-refractivity contribution in [2.75, 3.05) is 31.6 Å². The van der Waals surface area contributed by atoms with E-state index in [9.17, 15) is 9.59 Å². The lowest BCUT2D eigenvalue weighted by Crippen LogP contribution is -3.12. The maximum Gasteiger partial charge on any atom is 0.338 e. The molecule has 2 N–H and O–H groups in total. The van der Waals surface area contributed by atoms with Crippen molar-refractivity contribution in [3.05, 3.63) is 47.2 Å². The van der Waals surface area contributed by atoms with Crippen LogP contribution in [0.3, 0.4) is 0 Å². The summed E-state index contributed by atoms with van der Waals surface area (Å²) in [5.41, 5.74) is 1.56. The molecule has 0 radical (unpaired) electrons. The predicted octanol–water partition coefficient (Wildman–Crippen LogP) is 0.582. The highest BCUT2D eigenvalue weighted by molar-refractivity contribution is 5.96. The van der Waals surface area contributed by atoms with Gasteiger partial charge in [-0.3, -0.25) is 4.79 Å². The number of nitrogens with zero attached hydrogens (tertiary/aromatic N) is 1. The van der Waals surface area contributed by atoms with Gasteiger partial charge in [-0.05, 0) is 26.0 Å². The molecule has 0 unspecified atom stereocenters. The molecule has 1 aliphatic rings. The first-order chi connectivity index (χ1) is 13.0. The summed E-state index contributed by atoms with van der Waals surface area (Å²) < 4.78 is 15.5. The van der Waals surface area contributed by atoms with Crippen molar-refractivity contribution in [3.63, 3.8) is 0 Å². The molecule has 0 saturated carbocycles. The van der Waals surface area contributed by atoms with Crippen molar-refractivity contribution in [3.8, 4) is 0 Å². The van der Waals surface area contributed by atoms with Gasteiger partial charge in [0, 0.05) is 11.6 Å². The van der Waals surface area contributed by atoms with Crippen LogP contribution in [0, 0.1) is 6.92 Å².